The Morgan fingerprint density at radius 3 is 2.50 bits per heavy atom. The summed E-state index contributed by atoms with van der Waals surface area (Å²) < 4.78 is 5.20. The summed E-state index contributed by atoms with van der Waals surface area (Å²) in [4.78, 5) is 21.5. The van der Waals surface area contributed by atoms with Crippen molar-refractivity contribution in [3.63, 3.8) is 0 Å². The molecule has 1 aromatic rings. The number of amides is 1. The van der Waals surface area contributed by atoms with Crippen molar-refractivity contribution in [2.75, 3.05) is 19.8 Å². The first kappa shape index (κ1) is 15.9. The number of carbonyl (C=O) groups excluding carboxylic acids is 1. The van der Waals surface area contributed by atoms with Crippen molar-refractivity contribution >= 4 is 11.6 Å². The van der Waals surface area contributed by atoms with Gasteiger partial charge in [-0.05, 0) is 12.1 Å². The molecule has 0 radical (unpaired) electrons. The van der Waals surface area contributed by atoms with Gasteiger partial charge in [0.05, 0.1) is 4.92 Å². The summed E-state index contributed by atoms with van der Waals surface area (Å²) in [6.07, 6.45) is 0. The molecule has 20 heavy (non-hydrogen) atoms. The van der Waals surface area contributed by atoms with E-state index in [1.165, 1.54) is 24.3 Å². The Kier molecular flexibility index (Phi) is 5.45. The lowest BCUT2D eigenvalue weighted by Gasteiger charge is -2.21. The summed E-state index contributed by atoms with van der Waals surface area (Å²) in [5, 5.41) is 22.2. The molecule has 0 spiro atoms. The van der Waals surface area contributed by atoms with Crippen LogP contribution in [0.1, 0.15) is 13.8 Å². The van der Waals surface area contributed by atoms with Crippen LogP contribution >= 0.6 is 0 Å². The molecule has 0 aliphatic rings. The maximum atomic E-state index is 11.5. The van der Waals surface area contributed by atoms with Gasteiger partial charge in [-0.2, -0.15) is 0 Å². The van der Waals surface area contributed by atoms with Crippen molar-refractivity contribution in [2.24, 2.45) is 5.41 Å². The van der Waals surface area contributed by atoms with Crippen LogP contribution in [0.5, 0.6) is 5.75 Å². The highest BCUT2D eigenvalue weighted by molar-refractivity contribution is 5.77. The normalized spacial score (nSPS) is 10.9. The molecule has 1 aromatic carbocycles. The maximum absolute atomic E-state index is 11.5. The number of aliphatic hydroxyl groups is 1. The molecule has 0 atom stereocenters. The van der Waals surface area contributed by atoms with Crippen LogP contribution in [-0.2, 0) is 4.79 Å². The highest BCUT2D eigenvalue weighted by Crippen LogP contribution is 2.17. The van der Waals surface area contributed by atoms with E-state index >= 15 is 0 Å². The molecule has 0 aliphatic heterocycles. The molecule has 0 unspecified atom stereocenters. The molecule has 0 bridgehead atoms. The maximum Gasteiger partial charge on any atom is 0.269 e. The molecule has 7 nitrogen and oxygen atoms in total. The minimum Gasteiger partial charge on any atom is -0.484 e. The third kappa shape index (κ3) is 5.23. The Bertz CT molecular complexity index is 470. The second-order valence-corrected chi connectivity index (χ2v) is 5.14. The molecular weight excluding hydrogens is 264 g/mol. The molecule has 0 fully saturated rings. The molecular formula is C13H18N2O5. The Morgan fingerprint density at radius 2 is 2.00 bits per heavy atom. The van der Waals surface area contributed by atoms with Crippen molar-refractivity contribution in [1.82, 2.24) is 5.32 Å². The number of hydrogen-bond donors (Lipinski definition) is 2. The Morgan fingerprint density at radius 1 is 1.40 bits per heavy atom. The van der Waals surface area contributed by atoms with Crippen LogP contribution in [0.15, 0.2) is 24.3 Å². The molecule has 0 saturated heterocycles. The number of nitro benzene ring substituents is 1. The minimum atomic E-state index is -0.506. The van der Waals surface area contributed by atoms with E-state index in [9.17, 15) is 14.9 Å². The summed E-state index contributed by atoms with van der Waals surface area (Å²) in [6, 6.07) is 5.48. The van der Waals surface area contributed by atoms with Gasteiger partial charge in [-0.1, -0.05) is 13.8 Å². The van der Waals surface area contributed by atoms with Crippen molar-refractivity contribution in [2.45, 2.75) is 13.8 Å². The van der Waals surface area contributed by atoms with E-state index in [1.54, 1.807) is 0 Å². The van der Waals surface area contributed by atoms with Crippen LogP contribution < -0.4 is 10.1 Å². The molecule has 0 aliphatic carbocycles. The SMILES string of the molecule is CC(C)(CO)CNC(=O)COc1ccc([N+](=O)[O-])cc1. The highest BCUT2D eigenvalue weighted by Gasteiger charge is 2.17. The Balaban J connectivity index is 2.39. The lowest BCUT2D eigenvalue weighted by Crippen LogP contribution is -2.38. The summed E-state index contributed by atoms with van der Waals surface area (Å²) in [6.45, 7) is 3.77. The van der Waals surface area contributed by atoms with E-state index in [0.717, 1.165) is 0 Å². The van der Waals surface area contributed by atoms with Gasteiger partial charge in [0.25, 0.3) is 11.6 Å². The molecule has 1 amide bonds. The second kappa shape index (κ2) is 6.85. The van der Waals surface area contributed by atoms with Crippen LogP contribution in [0.25, 0.3) is 0 Å². The van der Waals surface area contributed by atoms with Gasteiger partial charge >= 0.3 is 0 Å². The smallest absolute Gasteiger partial charge is 0.269 e. The van der Waals surface area contributed by atoms with E-state index in [-0.39, 0.29) is 30.2 Å². The van der Waals surface area contributed by atoms with Gasteiger partial charge in [-0.15, -0.1) is 0 Å². The van der Waals surface area contributed by atoms with Crippen LogP contribution in [0.2, 0.25) is 0 Å². The molecule has 0 heterocycles. The third-order valence-corrected chi connectivity index (χ3v) is 2.61. The van der Waals surface area contributed by atoms with Crippen molar-refractivity contribution < 1.29 is 19.6 Å². The molecule has 1 rings (SSSR count). The molecule has 110 valence electrons. The lowest BCUT2D eigenvalue weighted by molar-refractivity contribution is -0.384. The van der Waals surface area contributed by atoms with Crippen molar-refractivity contribution in [3.05, 3.63) is 34.4 Å². The van der Waals surface area contributed by atoms with Gasteiger partial charge in [0.15, 0.2) is 6.61 Å². The largest absolute Gasteiger partial charge is 0.484 e. The summed E-state index contributed by atoms with van der Waals surface area (Å²) in [7, 11) is 0. The number of non-ortho nitro benzene ring substituents is 1. The zero-order valence-corrected chi connectivity index (χ0v) is 11.5. The van der Waals surface area contributed by atoms with Crippen molar-refractivity contribution in [1.29, 1.82) is 0 Å². The van der Waals surface area contributed by atoms with Gasteiger partial charge < -0.3 is 15.2 Å². The first-order valence-corrected chi connectivity index (χ1v) is 6.09. The zero-order chi connectivity index (χ0) is 15.2. The number of aliphatic hydroxyl groups excluding tert-OH is 1. The zero-order valence-electron chi connectivity index (χ0n) is 11.5. The number of benzene rings is 1. The quantitative estimate of drug-likeness (QED) is 0.576. The number of ether oxygens (including phenoxy) is 1. The number of nitro groups is 1. The average Bonchev–Trinajstić information content (AvgIpc) is 2.43. The molecule has 0 saturated carbocycles. The first-order valence-electron chi connectivity index (χ1n) is 6.09. The number of carbonyl (C=O) groups is 1. The minimum absolute atomic E-state index is 0.0313. The number of hydrogen-bond acceptors (Lipinski definition) is 5. The number of nitrogens with zero attached hydrogens (tertiary/aromatic N) is 1. The predicted octanol–water partition coefficient (Wildman–Crippen LogP) is 1.11. The van der Waals surface area contributed by atoms with E-state index in [4.69, 9.17) is 9.84 Å². The van der Waals surface area contributed by atoms with E-state index in [1.807, 2.05) is 13.8 Å². The average molecular weight is 282 g/mol. The standard InChI is InChI=1S/C13H18N2O5/c1-13(2,9-16)8-14-12(17)7-20-11-5-3-10(4-6-11)15(18)19/h3-6,16H,7-9H2,1-2H3,(H,14,17). The number of rotatable bonds is 7. The van der Waals surface area contributed by atoms with Gasteiger partial charge in [0.2, 0.25) is 0 Å². The summed E-state index contributed by atoms with van der Waals surface area (Å²) in [5.74, 6) is 0.0667. The molecule has 2 N–H and O–H groups in total. The molecule has 7 heteroatoms. The second-order valence-electron chi connectivity index (χ2n) is 5.14. The predicted molar refractivity (Wildman–Crippen MR) is 72.5 cm³/mol. The third-order valence-electron chi connectivity index (χ3n) is 2.61. The van der Waals surface area contributed by atoms with Gasteiger partial charge in [0, 0.05) is 30.7 Å². The highest BCUT2D eigenvalue weighted by atomic mass is 16.6. The van der Waals surface area contributed by atoms with E-state index in [2.05, 4.69) is 5.32 Å². The van der Waals surface area contributed by atoms with E-state index < -0.39 is 4.92 Å². The fourth-order valence-electron chi connectivity index (χ4n) is 1.26. The Hall–Kier alpha value is -2.15. The fraction of sp³-hybridized carbons (Fsp3) is 0.462. The summed E-state index contributed by atoms with van der Waals surface area (Å²) >= 11 is 0. The van der Waals surface area contributed by atoms with Crippen LogP contribution in [0.3, 0.4) is 0 Å². The number of nitrogens with one attached hydrogen (secondary N) is 1. The summed E-state index contributed by atoms with van der Waals surface area (Å²) in [5.41, 5.74) is -0.422. The van der Waals surface area contributed by atoms with E-state index in [0.29, 0.717) is 12.3 Å². The van der Waals surface area contributed by atoms with Gasteiger partial charge in [0.1, 0.15) is 5.75 Å². The first-order chi connectivity index (χ1) is 9.34. The fourth-order valence-corrected chi connectivity index (χ4v) is 1.26. The topological polar surface area (TPSA) is 102 Å². The van der Waals surface area contributed by atoms with Crippen LogP contribution in [0, 0.1) is 15.5 Å². The van der Waals surface area contributed by atoms with Crippen LogP contribution in [-0.4, -0.2) is 35.7 Å². The van der Waals surface area contributed by atoms with Crippen LogP contribution in [0.4, 0.5) is 5.69 Å². The Labute approximate surface area is 116 Å². The van der Waals surface area contributed by atoms with Crippen molar-refractivity contribution in [3.8, 4) is 5.75 Å². The van der Waals surface area contributed by atoms with Gasteiger partial charge in [-0.3, -0.25) is 14.9 Å². The van der Waals surface area contributed by atoms with Gasteiger partial charge in [-0.25, -0.2) is 0 Å². The lowest BCUT2D eigenvalue weighted by atomic mass is 9.95. The molecule has 0 aromatic heterocycles. The monoisotopic (exact) mass is 282 g/mol.